The van der Waals surface area contributed by atoms with Crippen molar-refractivity contribution in [1.29, 1.82) is 0 Å². The summed E-state index contributed by atoms with van der Waals surface area (Å²) in [5.74, 6) is -0.0774. The van der Waals surface area contributed by atoms with Gasteiger partial charge in [0.2, 0.25) is 0 Å². The maximum atomic E-state index is 12.5. The topological polar surface area (TPSA) is 138 Å². The molecule has 0 radical (unpaired) electrons. The van der Waals surface area contributed by atoms with Gasteiger partial charge in [-0.1, -0.05) is 0 Å². The number of rotatable bonds is 7. The van der Waals surface area contributed by atoms with E-state index in [0.717, 1.165) is 11.3 Å². The van der Waals surface area contributed by atoms with Crippen LogP contribution in [-0.2, 0) is 4.74 Å². The van der Waals surface area contributed by atoms with Crippen LogP contribution >= 0.6 is 11.3 Å². The molecule has 10 heteroatoms. The van der Waals surface area contributed by atoms with Gasteiger partial charge in [-0.2, -0.15) is 5.10 Å². The minimum absolute atomic E-state index is 0.00725. The fourth-order valence-corrected chi connectivity index (χ4v) is 3.25. The number of nitrogen functional groups attached to an aromatic ring is 2. The molecule has 1 heterocycles. The van der Waals surface area contributed by atoms with Gasteiger partial charge in [-0.25, -0.2) is 10.2 Å². The first-order valence-electron chi connectivity index (χ1n) is 8.25. The average Bonchev–Trinajstić information content (AvgIpc) is 2.99. The van der Waals surface area contributed by atoms with E-state index in [1.165, 1.54) is 7.11 Å². The molecule has 0 saturated heterocycles. The van der Waals surface area contributed by atoms with Crippen LogP contribution in [0.25, 0.3) is 0 Å². The highest BCUT2D eigenvalue weighted by atomic mass is 32.1. The minimum Gasteiger partial charge on any atom is -0.497 e. The molecular formula is C18H22N4O5S. The van der Waals surface area contributed by atoms with E-state index in [0.29, 0.717) is 22.8 Å². The second-order valence-corrected chi connectivity index (χ2v) is 6.56. The zero-order valence-electron chi connectivity index (χ0n) is 16.0. The van der Waals surface area contributed by atoms with Gasteiger partial charge in [0.15, 0.2) is 0 Å². The van der Waals surface area contributed by atoms with Gasteiger partial charge in [0.25, 0.3) is 5.91 Å². The Morgan fingerprint density at radius 1 is 1.21 bits per heavy atom. The lowest BCUT2D eigenvalue weighted by molar-refractivity contribution is 0.0529. The van der Waals surface area contributed by atoms with Gasteiger partial charge >= 0.3 is 5.97 Å². The van der Waals surface area contributed by atoms with Crippen molar-refractivity contribution < 1.29 is 23.8 Å². The Hall–Kier alpha value is -3.27. The maximum absolute atomic E-state index is 12.5. The minimum atomic E-state index is -0.673. The van der Waals surface area contributed by atoms with Crippen LogP contribution in [0.15, 0.2) is 23.3 Å². The Kier molecular flexibility index (Phi) is 6.83. The van der Waals surface area contributed by atoms with Crippen LogP contribution in [-0.4, -0.2) is 38.4 Å². The number of hydrogen-bond acceptors (Lipinski definition) is 9. The molecule has 0 atom stereocenters. The molecule has 150 valence electrons. The maximum Gasteiger partial charge on any atom is 0.343 e. The van der Waals surface area contributed by atoms with Crippen LogP contribution in [0.5, 0.6) is 11.5 Å². The third-order valence-electron chi connectivity index (χ3n) is 3.78. The zero-order valence-corrected chi connectivity index (χ0v) is 16.8. The smallest absolute Gasteiger partial charge is 0.343 e. The third-order valence-corrected chi connectivity index (χ3v) is 4.81. The van der Waals surface area contributed by atoms with E-state index >= 15 is 0 Å². The largest absolute Gasteiger partial charge is 0.497 e. The van der Waals surface area contributed by atoms with Crippen LogP contribution in [0.4, 0.5) is 10.7 Å². The number of carbonyl (C=O) groups excluding carboxylic acids is 2. The van der Waals surface area contributed by atoms with Crippen LogP contribution in [0, 0.1) is 0 Å². The van der Waals surface area contributed by atoms with Crippen molar-refractivity contribution in [2.45, 2.75) is 13.8 Å². The summed E-state index contributed by atoms with van der Waals surface area (Å²) < 4.78 is 15.4. The van der Waals surface area contributed by atoms with Crippen molar-refractivity contribution in [3.63, 3.8) is 0 Å². The van der Waals surface area contributed by atoms with Gasteiger partial charge in [-0.05, 0) is 32.0 Å². The number of nitrogens with two attached hydrogens (primary N) is 2. The molecule has 2 aromatic rings. The predicted octanol–water partition coefficient (Wildman–Crippen LogP) is 2.26. The van der Waals surface area contributed by atoms with Gasteiger partial charge in [0.1, 0.15) is 26.9 Å². The van der Waals surface area contributed by atoms with Crippen molar-refractivity contribution in [3.8, 4) is 11.5 Å². The normalized spacial score (nSPS) is 11.1. The Morgan fingerprint density at radius 3 is 2.54 bits per heavy atom. The fraction of sp³-hybridized carbons (Fsp3) is 0.278. The first-order valence-corrected chi connectivity index (χ1v) is 9.07. The number of nitrogens with zero attached hydrogens (tertiary/aromatic N) is 1. The van der Waals surface area contributed by atoms with Crippen molar-refractivity contribution in [2.75, 3.05) is 32.3 Å². The number of carbonyl (C=O) groups is 2. The monoisotopic (exact) mass is 406 g/mol. The number of anilines is 2. The summed E-state index contributed by atoms with van der Waals surface area (Å²) in [5.41, 5.74) is 15.2. The summed E-state index contributed by atoms with van der Waals surface area (Å²) in [6.45, 7) is 3.53. The summed E-state index contributed by atoms with van der Waals surface area (Å²) in [6, 6.07) is 5.22. The second kappa shape index (κ2) is 9.09. The lowest BCUT2D eigenvalue weighted by Gasteiger charge is -2.10. The number of nitrogens with one attached hydrogen (secondary N) is 1. The van der Waals surface area contributed by atoms with E-state index in [9.17, 15) is 9.59 Å². The average molecular weight is 406 g/mol. The summed E-state index contributed by atoms with van der Waals surface area (Å²) in [5, 5.41) is 4.20. The Morgan fingerprint density at radius 2 is 1.93 bits per heavy atom. The Bertz CT molecular complexity index is 923. The summed E-state index contributed by atoms with van der Waals surface area (Å²) in [7, 11) is 3.08. The molecule has 0 saturated carbocycles. The molecule has 1 aromatic carbocycles. The molecule has 0 unspecified atom stereocenters. The Balaban J connectivity index is 2.27. The van der Waals surface area contributed by atoms with Crippen LogP contribution in [0.3, 0.4) is 0 Å². The highest BCUT2D eigenvalue weighted by molar-refractivity contribution is 7.18. The molecule has 9 nitrogen and oxygen atoms in total. The molecule has 28 heavy (non-hydrogen) atoms. The predicted molar refractivity (Wildman–Crippen MR) is 108 cm³/mol. The van der Waals surface area contributed by atoms with Crippen LogP contribution < -0.4 is 26.4 Å². The lowest BCUT2D eigenvalue weighted by Crippen LogP contribution is -2.20. The van der Waals surface area contributed by atoms with Gasteiger partial charge in [0.05, 0.1) is 32.2 Å². The number of esters is 1. The van der Waals surface area contributed by atoms with E-state index in [2.05, 4.69) is 10.5 Å². The number of thiophene rings is 1. The summed E-state index contributed by atoms with van der Waals surface area (Å²) in [4.78, 5) is 24.5. The van der Waals surface area contributed by atoms with Gasteiger partial charge < -0.3 is 25.7 Å². The van der Waals surface area contributed by atoms with Crippen LogP contribution in [0.2, 0.25) is 0 Å². The molecule has 0 aliphatic rings. The fourth-order valence-electron chi connectivity index (χ4n) is 2.39. The van der Waals surface area contributed by atoms with E-state index in [4.69, 9.17) is 25.7 Å². The molecule has 5 N–H and O–H groups in total. The molecule has 1 aromatic heterocycles. The van der Waals surface area contributed by atoms with E-state index in [1.54, 1.807) is 39.2 Å². The number of methoxy groups -OCH3 is 2. The second-order valence-electron chi connectivity index (χ2n) is 5.51. The Labute approximate surface area is 166 Å². The third kappa shape index (κ3) is 4.34. The molecule has 0 aliphatic heterocycles. The number of amides is 1. The first kappa shape index (κ1) is 21.0. The van der Waals surface area contributed by atoms with Crippen molar-refractivity contribution in [1.82, 2.24) is 5.43 Å². The number of hydrazone groups is 1. The molecular weight excluding hydrogens is 384 g/mol. The molecule has 0 bridgehead atoms. The summed E-state index contributed by atoms with van der Waals surface area (Å²) in [6.07, 6.45) is 0. The van der Waals surface area contributed by atoms with Crippen molar-refractivity contribution in [2.24, 2.45) is 5.10 Å². The quantitative estimate of drug-likeness (QED) is 0.364. The van der Waals surface area contributed by atoms with Crippen molar-refractivity contribution >= 4 is 39.6 Å². The molecule has 0 aliphatic carbocycles. The standard InChI is InChI=1S/C18H22N4O5S/c1-5-27-18(24)13-14(19)15(28-16(13)20)17(23)22-21-9(2)11-8-10(25-3)6-7-12(11)26-4/h6-8H,5,19-20H2,1-4H3,(H,22,23)/b21-9+. The number of hydrogen-bond donors (Lipinski definition) is 3. The summed E-state index contributed by atoms with van der Waals surface area (Å²) >= 11 is 0.890. The van der Waals surface area contributed by atoms with E-state index in [-0.39, 0.29) is 27.7 Å². The van der Waals surface area contributed by atoms with Crippen LogP contribution in [0.1, 0.15) is 39.4 Å². The highest BCUT2D eigenvalue weighted by Gasteiger charge is 2.25. The van der Waals surface area contributed by atoms with Gasteiger partial charge in [0, 0.05) is 5.56 Å². The van der Waals surface area contributed by atoms with E-state index < -0.39 is 11.9 Å². The highest BCUT2D eigenvalue weighted by Crippen LogP contribution is 2.34. The van der Waals surface area contributed by atoms with Crippen molar-refractivity contribution in [3.05, 3.63) is 34.2 Å². The number of benzene rings is 1. The lowest BCUT2D eigenvalue weighted by atomic mass is 10.1. The number of ether oxygens (including phenoxy) is 3. The zero-order chi connectivity index (χ0) is 20.8. The van der Waals surface area contributed by atoms with Gasteiger partial charge in [-0.15, -0.1) is 11.3 Å². The molecule has 2 rings (SSSR count). The van der Waals surface area contributed by atoms with Gasteiger partial charge in [-0.3, -0.25) is 4.79 Å². The first-order chi connectivity index (χ1) is 13.3. The SMILES string of the molecule is CCOC(=O)c1c(N)sc(C(=O)N/N=C(\C)c2cc(OC)ccc2OC)c1N. The molecule has 1 amide bonds. The molecule has 0 spiro atoms. The molecule has 0 fully saturated rings. The van der Waals surface area contributed by atoms with E-state index in [1.807, 2.05) is 0 Å².